The van der Waals surface area contributed by atoms with Crippen molar-refractivity contribution in [3.8, 4) is 0 Å². The number of benzene rings is 1. The summed E-state index contributed by atoms with van der Waals surface area (Å²) in [5.41, 5.74) is 1.44. The number of para-hydroxylation sites is 1. The van der Waals surface area contributed by atoms with E-state index in [-0.39, 0.29) is 16.0 Å². The fourth-order valence-electron chi connectivity index (χ4n) is 4.03. The van der Waals surface area contributed by atoms with E-state index in [2.05, 4.69) is 44.7 Å². The largest absolute Gasteiger partial charge is 0.296 e. The number of carbonyl (C=O) groups is 1. The van der Waals surface area contributed by atoms with Crippen molar-refractivity contribution < 1.29 is 4.79 Å². The minimum Gasteiger partial charge on any atom is -0.296 e. The highest BCUT2D eigenvalue weighted by atomic mass is 32.2. The number of carbonyl (C=O) groups excluding carboxylic acids is 1. The smallest absolute Gasteiger partial charge is 0.241 e. The highest BCUT2D eigenvalue weighted by molar-refractivity contribution is 8.02. The van der Waals surface area contributed by atoms with Gasteiger partial charge in [-0.05, 0) is 56.1 Å². The molecule has 2 aliphatic rings. The maximum atomic E-state index is 12.8. The average Bonchev–Trinajstić information content (AvgIpc) is 2.70. The lowest BCUT2D eigenvalue weighted by Gasteiger charge is -2.45. The SMILES string of the molecule is C[C@H]1SC2(CCC(C(C)(C)C)CC2)N(c2ccccc2)C1=O. The summed E-state index contributed by atoms with van der Waals surface area (Å²) in [5, 5.41) is 0.0754. The topological polar surface area (TPSA) is 20.3 Å². The minimum absolute atomic E-state index is 0.0143. The summed E-state index contributed by atoms with van der Waals surface area (Å²) < 4.78 is 0. The molecule has 2 nitrogen and oxygen atoms in total. The monoisotopic (exact) mass is 317 g/mol. The Balaban J connectivity index is 1.88. The van der Waals surface area contributed by atoms with Gasteiger partial charge < -0.3 is 0 Å². The number of amides is 1. The van der Waals surface area contributed by atoms with Crippen LogP contribution >= 0.6 is 11.8 Å². The first-order chi connectivity index (χ1) is 10.3. The van der Waals surface area contributed by atoms with Crippen LogP contribution in [0.2, 0.25) is 0 Å². The molecule has 22 heavy (non-hydrogen) atoms. The van der Waals surface area contributed by atoms with Crippen LogP contribution in [0.15, 0.2) is 30.3 Å². The number of thioether (sulfide) groups is 1. The number of hydrogen-bond donors (Lipinski definition) is 0. The van der Waals surface area contributed by atoms with E-state index < -0.39 is 0 Å². The van der Waals surface area contributed by atoms with Crippen molar-refractivity contribution in [3.63, 3.8) is 0 Å². The van der Waals surface area contributed by atoms with Crippen LogP contribution in [0.25, 0.3) is 0 Å². The predicted octanol–water partition coefficient (Wildman–Crippen LogP) is 5.09. The van der Waals surface area contributed by atoms with Crippen molar-refractivity contribution in [2.75, 3.05) is 4.90 Å². The van der Waals surface area contributed by atoms with Gasteiger partial charge in [-0.3, -0.25) is 9.69 Å². The van der Waals surface area contributed by atoms with E-state index in [1.807, 2.05) is 30.0 Å². The van der Waals surface area contributed by atoms with Gasteiger partial charge in [0.2, 0.25) is 5.91 Å². The van der Waals surface area contributed by atoms with Gasteiger partial charge in [-0.15, -0.1) is 11.8 Å². The van der Waals surface area contributed by atoms with Crippen LogP contribution in [0.1, 0.15) is 53.4 Å². The molecule has 3 heteroatoms. The van der Waals surface area contributed by atoms with Crippen molar-refractivity contribution in [3.05, 3.63) is 30.3 Å². The van der Waals surface area contributed by atoms with Crippen LogP contribution in [-0.2, 0) is 4.79 Å². The van der Waals surface area contributed by atoms with Crippen molar-refractivity contribution >= 4 is 23.4 Å². The lowest BCUT2D eigenvalue weighted by Crippen LogP contribution is -2.48. The Labute approximate surface area is 138 Å². The van der Waals surface area contributed by atoms with Gasteiger partial charge in [0.1, 0.15) is 0 Å². The first kappa shape index (κ1) is 15.9. The fourth-order valence-corrected chi connectivity index (χ4v) is 5.67. The highest BCUT2D eigenvalue weighted by Gasteiger charge is 2.52. The second-order valence-corrected chi connectivity index (χ2v) is 9.56. The molecule has 0 bridgehead atoms. The molecular formula is C19H27NOS. The Morgan fingerprint density at radius 2 is 1.73 bits per heavy atom. The Bertz CT molecular complexity index is 540. The van der Waals surface area contributed by atoms with Gasteiger partial charge in [0.25, 0.3) is 0 Å². The molecule has 0 aromatic heterocycles. The Kier molecular flexibility index (Phi) is 4.05. The third-order valence-corrected chi connectivity index (χ3v) is 6.96. The molecule has 2 fully saturated rings. The van der Waals surface area contributed by atoms with Crippen molar-refractivity contribution in [1.29, 1.82) is 0 Å². The fraction of sp³-hybridized carbons (Fsp3) is 0.632. The van der Waals surface area contributed by atoms with Crippen LogP contribution in [-0.4, -0.2) is 16.0 Å². The van der Waals surface area contributed by atoms with Gasteiger partial charge in [-0.2, -0.15) is 0 Å². The summed E-state index contributed by atoms with van der Waals surface area (Å²) in [6, 6.07) is 10.2. The van der Waals surface area contributed by atoms with Gasteiger partial charge in [0.15, 0.2) is 0 Å². The molecule has 0 unspecified atom stereocenters. The standard InChI is InChI=1S/C19H27NOS/c1-14-17(21)20(16-8-6-5-7-9-16)19(22-14)12-10-15(11-13-19)18(2,3)4/h5-9,14-15H,10-13H2,1-4H3/t14-,15?,19?/m1/s1. The van der Waals surface area contributed by atoms with Crippen LogP contribution in [0, 0.1) is 11.3 Å². The third-order valence-electron chi connectivity index (χ3n) is 5.38. The van der Waals surface area contributed by atoms with Gasteiger partial charge in [0.05, 0.1) is 10.1 Å². The van der Waals surface area contributed by atoms with Crippen molar-refractivity contribution in [2.45, 2.75) is 63.5 Å². The molecule has 1 saturated carbocycles. The van der Waals surface area contributed by atoms with Gasteiger partial charge in [0, 0.05) is 5.69 Å². The van der Waals surface area contributed by atoms with Crippen LogP contribution < -0.4 is 4.90 Å². The normalized spacial score (nSPS) is 32.7. The van der Waals surface area contributed by atoms with E-state index in [1.54, 1.807) is 0 Å². The van der Waals surface area contributed by atoms with E-state index in [9.17, 15) is 4.79 Å². The zero-order valence-electron chi connectivity index (χ0n) is 14.1. The van der Waals surface area contributed by atoms with Crippen molar-refractivity contribution in [2.24, 2.45) is 11.3 Å². The quantitative estimate of drug-likeness (QED) is 0.719. The van der Waals surface area contributed by atoms with E-state index in [4.69, 9.17) is 0 Å². The Morgan fingerprint density at radius 1 is 1.14 bits per heavy atom. The second-order valence-electron chi connectivity index (χ2n) is 7.86. The van der Waals surface area contributed by atoms with Gasteiger partial charge >= 0.3 is 0 Å². The minimum atomic E-state index is -0.0143. The molecule has 1 aromatic rings. The molecule has 1 heterocycles. The average molecular weight is 317 g/mol. The van der Waals surface area contributed by atoms with Crippen molar-refractivity contribution in [1.82, 2.24) is 0 Å². The second kappa shape index (κ2) is 5.59. The van der Waals surface area contributed by atoms with E-state index >= 15 is 0 Å². The van der Waals surface area contributed by atoms with Crippen LogP contribution in [0.4, 0.5) is 5.69 Å². The maximum Gasteiger partial charge on any atom is 0.241 e. The predicted molar refractivity (Wildman–Crippen MR) is 95.1 cm³/mol. The summed E-state index contributed by atoms with van der Waals surface area (Å²) in [5.74, 6) is 1.05. The van der Waals surface area contributed by atoms with E-state index in [0.717, 1.165) is 24.4 Å². The molecular weight excluding hydrogens is 290 g/mol. The summed E-state index contributed by atoms with van der Waals surface area (Å²) in [6.45, 7) is 9.11. The lowest BCUT2D eigenvalue weighted by molar-refractivity contribution is -0.118. The number of anilines is 1. The molecule has 1 aliphatic heterocycles. The molecule has 0 radical (unpaired) electrons. The molecule has 1 amide bonds. The Morgan fingerprint density at radius 3 is 2.27 bits per heavy atom. The summed E-state index contributed by atoms with van der Waals surface area (Å²) >= 11 is 1.89. The molecule has 1 saturated heterocycles. The molecule has 3 rings (SSSR count). The third kappa shape index (κ3) is 2.68. The molecule has 1 aromatic carbocycles. The number of rotatable bonds is 1. The lowest BCUT2D eigenvalue weighted by atomic mass is 9.71. The zero-order valence-corrected chi connectivity index (χ0v) is 15.0. The molecule has 1 aliphatic carbocycles. The first-order valence-corrected chi connectivity index (χ1v) is 9.28. The van der Waals surface area contributed by atoms with Crippen LogP contribution in [0.5, 0.6) is 0 Å². The van der Waals surface area contributed by atoms with Gasteiger partial charge in [-0.25, -0.2) is 0 Å². The van der Waals surface area contributed by atoms with Crippen LogP contribution in [0.3, 0.4) is 0 Å². The Hall–Kier alpha value is -0.960. The highest BCUT2D eigenvalue weighted by Crippen LogP contribution is 2.54. The summed E-state index contributed by atoms with van der Waals surface area (Å²) in [4.78, 5) is 14.9. The zero-order chi connectivity index (χ0) is 16.0. The summed E-state index contributed by atoms with van der Waals surface area (Å²) in [6.07, 6.45) is 4.68. The molecule has 1 spiro atoms. The first-order valence-electron chi connectivity index (χ1n) is 8.40. The molecule has 0 N–H and O–H groups in total. The summed E-state index contributed by atoms with van der Waals surface area (Å²) in [7, 11) is 0. The number of nitrogens with zero attached hydrogens (tertiary/aromatic N) is 1. The number of hydrogen-bond acceptors (Lipinski definition) is 2. The molecule has 120 valence electrons. The maximum absolute atomic E-state index is 12.8. The van der Waals surface area contributed by atoms with E-state index in [0.29, 0.717) is 5.41 Å². The van der Waals surface area contributed by atoms with E-state index in [1.165, 1.54) is 12.8 Å². The van der Waals surface area contributed by atoms with Gasteiger partial charge in [-0.1, -0.05) is 39.0 Å². The molecule has 1 atom stereocenters.